The maximum absolute atomic E-state index is 12.2. The SMILES string of the molecule is O=C(O)/C=C/C(=O)Nc1ccc(C(F)(F)F)cn1. The minimum Gasteiger partial charge on any atom is -0.478 e. The van der Waals surface area contributed by atoms with Gasteiger partial charge in [-0.2, -0.15) is 13.2 Å². The number of carbonyl (C=O) groups is 2. The van der Waals surface area contributed by atoms with Gasteiger partial charge in [0.2, 0.25) is 5.91 Å². The van der Waals surface area contributed by atoms with Crippen molar-refractivity contribution in [1.29, 1.82) is 0 Å². The summed E-state index contributed by atoms with van der Waals surface area (Å²) in [5.74, 6) is -2.22. The Labute approximate surface area is 98.9 Å². The Kier molecular flexibility index (Phi) is 4.03. The first-order chi connectivity index (χ1) is 8.29. The van der Waals surface area contributed by atoms with Crippen molar-refractivity contribution >= 4 is 17.7 Å². The number of carbonyl (C=O) groups excluding carboxylic acids is 1. The lowest BCUT2D eigenvalue weighted by molar-refractivity contribution is -0.137. The molecule has 0 spiro atoms. The number of alkyl halides is 3. The molecule has 8 heteroatoms. The molecule has 0 saturated heterocycles. The number of aliphatic carboxylic acids is 1. The molecule has 1 rings (SSSR count). The molecular formula is C10H7F3N2O3. The molecule has 96 valence electrons. The first-order valence-electron chi connectivity index (χ1n) is 4.54. The van der Waals surface area contributed by atoms with Gasteiger partial charge in [0, 0.05) is 18.3 Å². The zero-order valence-electron chi connectivity index (χ0n) is 8.73. The number of aromatic nitrogens is 1. The average Bonchev–Trinajstić information content (AvgIpc) is 2.26. The topological polar surface area (TPSA) is 79.3 Å². The van der Waals surface area contributed by atoms with Crippen LogP contribution in [0.1, 0.15) is 5.56 Å². The summed E-state index contributed by atoms with van der Waals surface area (Å²) < 4.78 is 36.6. The second-order valence-corrected chi connectivity index (χ2v) is 3.09. The van der Waals surface area contributed by atoms with E-state index >= 15 is 0 Å². The molecule has 0 fully saturated rings. The van der Waals surface area contributed by atoms with Crippen molar-refractivity contribution in [3.63, 3.8) is 0 Å². The lowest BCUT2D eigenvalue weighted by Crippen LogP contribution is -2.11. The van der Waals surface area contributed by atoms with E-state index in [1.165, 1.54) is 0 Å². The molecule has 0 aliphatic carbocycles. The number of carboxylic acids is 1. The molecule has 1 aromatic rings. The molecule has 0 bridgehead atoms. The predicted molar refractivity (Wildman–Crippen MR) is 54.6 cm³/mol. The number of carboxylic acid groups (broad SMARTS) is 1. The second kappa shape index (κ2) is 5.30. The molecule has 0 radical (unpaired) electrons. The van der Waals surface area contributed by atoms with Crippen LogP contribution in [-0.2, 0) is 15.8 Å². The van der Waals surface area contributed by atoms with E-state index in [2.05, 4.69) is 10.3 Å². The third-order valence-corrected chi connectivity index (χ3v) is 1.72. The molecule has 1 heterocycles. The van der Waals surface area contributed by atoms with Crippen molar-refractivity contribution in [2.45, 2.75) is 6.18 Å². The van der Waals surface area contributed by atoms with Gasteiger partial charge in [0.1, 0.15) is 5.82 Å². The first kappa shape index (κ1) is 13.7. The van der Waals surface area contributed by atoms with Crippen LogP contribution in [0.4, 0.5) is 19.0 Å². The second-order valence-electron chi connectivity index (χ2n) is 3.09. The van der Waals surface area contributed by atoms with Gasteiger partial charge in [-0.25, -0.2) is 9.78 Å². The number of amides is 1. The Morgan fingerprint density at radius 3 is 2.39 bits per heavy atom. The van der Waals surface area contributed by atoms with E-state index in [0.717, 1.165) is 18.2 Å². The summed E-state index contributed by atoms with van der Waals surface area (Å²) in [5.41, 5.74) is -0.943. The van der Waals surface area contributed by atoms with Gasteiger partial charge in [-0.1, -0.05) is 0 Å². The fourth-order valence-electron chi connectivity index (χ4n) is 0.950. The molecule has 0 aliphatic heterocycles. The lowest BCUT2D eigenvalue weighted by atomic mass is 10.3. The molecule has 2 N–H and O–H groups in total. The summed E-state index contributed by atoms with van der Waals surface area (Å²) in [6.45, 7) is 0. The predicted octanol–water partition coefficient (Wildman–Crippen LogP) is 1.68. The summed E-state index contributed by atoms with van der Waals surface area (Å²) in [4.78, 5) is 24.6. The number of hydrogen-bond acceptors (Lipinski definition) is 3. The van der Waals surface area contributed by atoms with Crippen LogP contribution in [0.25, 0.3) is 0 Å². The van der Waals surface area contributed by atoms with Gasteiger partial charge in [-0.3, -0.25) is 4.79 Å². The summed E-state index contributed by atoms with van der Waals surface area (Å²) >= 11 is 0. The van der Waals surface area contributed by atoms with Gasteiger partial charge >= 0.3 is 12.1 Å². The number of nitrogens with one attached hydrogen (secondary N) is 1. The molecule has 1 aromatic heterocycles. The maximum Gasteiger partial charge on any atom is 0.417 e. The quantitative estimate of drug-likeness (QED) is 0.810. The summed E-state index contributed by atoms with van der Waals surface area (Å²) in [5, 5.41) is 10.4. The maximum atomic E-state index is 12.2. The van der Waals surface area contributed by atoms with Crippen molar-refractivity contribution < 1.29 is 27.9 Å². The molecule has 1 amide bonds. The summed E-state index contributed by atoms with van der Waals surface area (Å²) in [7, 11) is 0. The Balaban J connectivity index is 2.70. The van der Waals surface area contributed by atoms with Crippen LogP contribution in [0.3, 0.4) is 0 Å². The lowest BCUT2D eigenvalue weighted by Gasteiger charge is -2.06. The van der Waals surface area contributed by atoms with E-state index in [0.29, 0.717) is 12.3 Å². The van der Waals surface area contributed by atoms with Gasteiger partial charge in [-0.15, -0.1) is 0 Å². The number of anilines is 1. The normalized spacial score (nSPS) is 11.5. The Bertz CT molecular complexity index is 480. The van der Waals surface area contributed by atoms with E-state index in [1.54, 1.807) is 0 Å². The van der Waals surface area contributed by atoms with E-state index < -0.39 is 23.6 Å². The Hall–Kier alpha value is -2.38. The number of rotatable bonds is 3. The van der Waals surface area contributed by atoms with E-state index in [4.69, 9.17) is 5.11 Å². The molecule has 5 nitrogen and oxygen atoms in total. The molecule has 0 aromatic carbocycles. The fraction of sp³-hybridized carbons (Fsp3) is 0.100. The van der Waals surface area contributed by atoms with Crippen molar-refractivity contribution in [2.24, 2.45) is 0 Å². The van der Waals surface area contributed by atoms with Gasteiger partial charge in [-0.05, 0) is 12.1 Å². The largest absolute Gasteiger partial charge is 0.478 e. The molecular weight excluding hydrogens is 253 g/mol. The van der Waals surface area contributed by atoms with Crippen molar-refractivity contribution in [2.75, 3.05) is 5.32 Å². The molecule has 0 saturated carbocycles. The van der Waals surface area contributed by atoms with Crippen LogP contribution in [0.2, 0.25) is 0 Å². The van der Waals surface area contributed by atoms with Crippen LogP contribution in [0.15, 0.2) is 30.5 Å². The smallest absolute Gasteiger partial charge is 0.417 e. The van der Waals surface area contributed by atoms with E-state index in [9.17, 15) is 22.8 Å². The van der Waals surface area contributed by atoms with E-state index in [1.807, 2.05) is 0 Å². The zero-order chi connectivity index (χ0) is 13.8. The number of halogens is 3. The van der Waals surface area contributed by atoms with Crippen LogP contribution in [0, 0.1) is 0 Å². The average molecular weight is 260 g/mol. The molecule has 18 heavy (non-hydrogen) atoms. The van der Waals surface area contributed by atoms with Gasteiger partial charge in [0.05, 0.1) is 5.56 Å². The molecule has 0 unspecified atom stereocenters. The minimum absolute atomic E-state index is 0.108. The molecule has 0 aliphatic rings. The van der Waals surface area contributed by atoms with Crippen LogP contribution < -0.4 is 5.32 Å². The summed E-state index contributed by atoms with van der Waals surface area (Å²) in [6.07, 6.45) is -2.61. The number of pyridine rings is 1. The fourth-order valence-corrected chi connectivity index (χ4v) is 0.950. The van der Waals surface area contributed by atoms with Crippen molar-refractivity contribution in [3.8, 4) is 0 Å². The number of hydrogen-bond donors (Lipinski definition) is 2. The standard InChI is InChI=1S/C10H7F3N2O3/c11-10(12,13)6-1-2-7(14-5-6)15-8(16)3-4-9(17)18/h1-5H,(H,17,18)(H,14,15,16)/b4-3+. The Morgan fingerprint density at radius 2 is 1.94 bits per heavy atom. The van der Waals surface area contributed by atoms with Crippen molar-refractivity contribution in [3.05, 3.63) is 36.0 Å². The van der Waals surface area contributed by atoms with E-state index in [-0.39, 0.29) is 5.82 Å². The number of nitrogens with zero attached hydrogens (tertiary/aromatic N) is 1. The van der Waals surface area contributed by atoms with Gasteiger partial charge in [0.25, 0.3) is 0 Å². The highest BCUT2D eigenvalue weighted by Gasteiger charge is 2.30. The highest BCUT2D eigenvalue weighted by molar-refractivity contribution is 6.01. The van der Waals surface area contributed by atoms with Crippen molar-refractivity contribution in [1.82, 2.24) is 4.98 Å². The van der Waals surface area contributed by atoms with Gasteiger partial charge < -0.3 is 10.4 Å². The van der Waals surface area contributed by atoms with Crippen LogP contribution >= 0.6 is 0 Å². The van der Waals surface area contributed by atoms with Gasteiger partial charge in [0.15, 0.2) is 0 Å². The Morgan fingerprint density at radius 1 is 1.28 bits per heavy atom. The monoisotopic (exact) mass is 260 g/mol. The third-order valence-electron chi connectivity index (χ3n) is 1.72. The third kappa shape index (κ3) is 4.24. The highest BCUT2D eigenvalue weighted by Crippen LogP contribution is 2.28. The highest BCUT2D eigenvalue weighted by atomic mass is 19.4. The molecule has 0 atom stereocenters. The van der Waals surface area contributed by atoms with Crippen LogP contribution in [-0.4, -0.2) is 22.0 Å². The minimum atomic E-state index is -4.50. The van der Waals surface area contributed by atoms with Crippen LogP contribution in [0.5, 0.6) is 0 Å². The first-order valence-corrected chi connectivity index (χ1v) is 4.54. The summed E-state index contributed by atoms with van der Waals surface area (Å²) in [6, 6.07) is 1.72. The zero-order valence-corrected chi connectivity index (χ0v) is 8.73.